The predicted octanol–water partition coefficient (Wildman–Crippen LogP) is 5.65. The first kappa shape index (κ1) is 16.7. The van der Waals surface area contributed by atoms with Gasteiger partial charge in [0, 0.05) is 17.0 Å². The summed E-state index contributed by atoms with van der Waals surface area (Å²) in [5.41, 5.74) is 3.23. The summed E-state index contributed by atoms with van der Waals surface area (Å²) in [6.07, 6.45) is 0.552. The van der Waals surface area contributed by atoms with Crippen molar-refractivity contribution in [2.24, 2.45) is 5.10 Å². The van der Waals surface area contributed by atoms with E-state index < -0.39 is 0 Å². The second-order valence-corrected chi connectivity index (χ2v) is 7.93. The number of fused-ring (bicyclic) bond motifs is 3. The van der Waals surface area contributed by atoms with Crippen LogP contribution in [0.3, 0.4) is 0 Å². The molecule has 0 spiro atoms. The summed E-state index contributed by atoms with van der Waals surface area (Å²) >= 11 is 7.72. The Hall–Kier alpha value is -2.50. The summed E-state index contributed by atoms with van der Waals surface area (Å²) in [6.45, 7) is 0. The maximum atomic E-state index is 6.40. The van der Waals surface area contributed by atoms with E-state index in [2.05, 4.69) is 22.5 Å². The van der Waals surface area contributed by atoms with Gasteiger partial charge in [-0.2, -0.15) is 5.10 Å². The third-order valence-electron chi connectivity index (χ3n) is 4.96. The van der Waals surface area contributed by atoms with Crippen LogP contribution >= 0.6 is 22.9 Å². The van der Waals surface area contributed by atoms with Gasteiger partial charge in [-0.25, -0.2) is 5.01 Å². The summed E-state index contributed by atoms with van der Waals surface area (Å²) in [7, 11) is 1.68. The van der Waals surface area contributed by atoms with Gasteiger partial charge in [0.2, 0.25) is 6.23 Å². The molecule has 0 saturated carbocycles. The topological polar surface area (TPSA) is 34.1 Å². The molecule has 2 atom stereocenters. The van der Waals surface area contributed by atoms with Crippen LogP contribution in [0.15, 0.2) is 65.1 Å². The summed E-state index contributed by atoms with van der Waals surface area (Å²) in [5, 5.41) is 9.82. The molecule has 4 nitrogen and oxygen atoms in total. The molecule has 0 amide bonds. The minimum atomic E-state index is -0.261. The van der Waals surface area contributed by atoms with Gasteiger partial charge >= 0.3 is 0 Å². The van der Waals surface area contributed by atoms with E-state index in [1.807, 2.05) is 42.5 Å². The fourth-order valence-electron chi connectivity index (χ4n) is 3.68. The van der Waals surface area contributed by atoms with Gasteiger partial charge in [-0.15, -0.1) is 11.3 Å². The van der Waals surface area contributed by atoms with Crippen molar-refractivity contribution in [2.45, 2.75) is 18.7 Å². The first-order valence-electron chi connectivity index (χ1n) is 8.73. The molecule has 27 heavy (non-hydrogen) atoms. The highest BCUT2D eigenvalue weighted by Crippen LogP contribution is 2.51. The van der Waals surface area contributed by atoms with Crippen LogP contribution in [-0.2, 0) is 0 Å². The number of nitrogens with zero attached hydrogens (tertiary/aromatic N) is 2. The molecule has 3 heterocycles. The minimum absolute atomic E-state index is 0.113. The molecule has 2 aromatic carbocycles. The van der Waals surface area contributed by atoms with Crippen molar-refractivity contribution in [3.63, 3.8) is 0 Å². The number of hydrogen-bond donors (Lipinski definition) is 0. The summed E-state index contributed by atoms with van der Waals surface area (Å²) in [6, 6.07) is 18.1. The Morgan fingerprint density at radius 1 is 1.15 bits per heavy atom. The van der Waals surface area contributed by atoms with Crippen LogP contribution in [0, 0.1) is 0 Å². The molecule has 2 aliphatic heterocycles. The smallest absolute Gasteiger partial charge is 0.223 e. The average Bonchev–Trinajstić information content (AvgIpc) is 3.37. The molecule has 5 rings (SSSR count). The molecule has 0 aliphatic carbocycles. The highest BCUT2D eigenvalue weighted by Gasteiger charge is 2.42. The second-order valence-electron chi connectivity index (χ2n) is 6.52. The lowest BCUT2D eigenvalue weighted by Crippen LogP contribution is -2.33. The summed E-state index contributed by atoms with van der Waals surface area (Å²) in [5.74, 6) is 1.57. The molecule has 0 saturated heterocycles. The molecule has 0 N–H and O–H groups in total. The standard InChI is InChI=1S/C21H17ClN2O2S/c1-25-18-5-2-4-15-17-12-16(13-7-9-14(22)10-8-13)23-24(17)21(26-20(15)18)19-6-3-11-27-19/h2-11,17,21H,12H2,1H3/t17-,21+/m0/s1. The molecular weight excluding hydrogens is 380 g/mol. The van der Waals surface area contributed by atoms with E-state index in [1.165, 1.54) is 0 Å². The van der Waals surface area contributed by atoms with Crippen molar-refractivity contribution >= 4 is 28.6 Å². The van der Waals surface area contributed by atoms with Crippen LogP contribution in [0.4, 0.5) is 0 Å². The molecule has 6 heteroatoms. The Bertz CT molecular complexity index is 1000. The van der Waals surface area contributed by atoms with Gasteiger partial charge in [0.05, 0.1) is 23.7 Å². The Labute approximate surface area is 166 Å². The second kappa shape index (κ2) is 6.59. The largest absolute Gasteiger partial charge is 0.493 e. The number of thiophene rings is 1. The lowest BCUT2D eigenvalue weighted by atomic mass is 9.96. The highest BCUT2D eigenvalue weighted by molar-refractivity contribution is 7.10. The number of para-hydroxylation sites is 1. The third kappa shape index (κ3) is 2.78. The molecule has 1 aromatic heterocycles. The average molecular weight is 397 g/mol. The predicted molar refractivity (Wildman–Crippen MR) is 108 cm³/mol. The van der Waals surface area contributed by atoms with E-state index >= 15 is 0 Å². The van der Waals surface area contributed by atoms with Crippen LogP contribution in [0.25, 0.3) is 0 Å². The number of hydrogen-bond acceptors (Lipinski definition) is 5. The molecule has 0 fully saturated rings. The van der Waals surface area contributed by atoms with Gasteiger partial charge in [-0.1, -0.05) is 41.9 Å². The monoisotopic (exact) mass is 396 g/mol. The van der Waals surface area contributed by atoms with Crippen LogP contribution in [0.1, 0.15) is 34.7 Å². The normalized spacial score (nSPS) is 20.5. The molecule has 2 aliphatic rings. The molecule has 0 radical (unpaired) electrons. The van der Waals surface area contributed by atoms with Crippen molar-refractivity contribution in [1.29, 1.82) is 0 Å². The van der Waals surface area contributed by atoms with E-state index in [4.69, 9.17) is 26.2 Å². The van der Waals surface area contributed by atoms with Gasteiger partial charge in [0.25, 0.3) is 0 Å². The molecule has 0 unspecified atom stereocenters. The van der Waals surface area contributed by atoms with Gasteiger partial charge in [-0.05, 0) is 35.2 Å². The fraction of sp³-hybridized carbons (Fsp3) is 0.190. The van der Waals surface area contributed by atoms with Gasteiger partial charge < -0.3 is 9.47 Å². The van der Waals surface area contributed by atoms with E-state index in [-0.39, 0.29) is 12.3 Å². The third-order valence-corrected chi connectivity index (χ3v) is 6.12. The lowest BCUT2D eigenvalue weighted by molar-refractivity contribution is -0.0184. The number of halogens is 1. The van der Waals surface area contributed by atoms with Crippen molar-refractivity contribution in [3.8, 4) is 11.5 Å². The lowest BCUT2D eigenvalue weighted by Gasteiger charge is -2.38. The molecule has 136 valence electrons. The maximum absolute atomic E-state index is 6.40. The van der Waals surface area contributed by atoms with E-state index in [9.17, 15) is 0 Å². The van der Waals surface area contributed by atoms with Crippen LogP contribution in [0.5, 0.6) is 11.5 Å². The zero-order chi connectivity index (χ0) is 18.4. The van der Waals surface area contributed by atoms with E-state index in [0.29, 0.717) is 0 Å². The Balaban J connectivity index is 1.61. The van der Waals surface area contributed by atoms with Gasteiger partial charge in [-0.3, -0.25) is 0 Å². The number of ether oxygens (including phenoxy) is 2. The maximum Gasteiger partial charge on any atom is 0.223 e. The van der Waals surface area contributed by atoms with Crippen LogP contribution in [0.2, 0.25) is 5.02 Å². The Morgan fingerprint density at radius 3 is 2.74 bits per heavy atom. The van der Waals surface area contributed by atoms with Crippen molar-refractivity contribution in [3.05, 3.63) is 81.0 Å². The minimum Gasteiger partial charge on any atom is -0.493 e. The van der Waals surface area contributed by atoms with Crippen LogP contribution < -0.4 is 9.47 Å². The van der Waals surface area contributed by atoms with E-state index in [0.717, 1.165) is 44.7 Å². The fourth-order valence-corrected chi connectivity index (χ4v) is 4.55. The Morgan fingerprint density at radius 2 is 2.00 bits per heavy atom. The summed E-state index contributed by atoms with van der Waals surface area (Å²) in [4.78, 5) is 1.12. The molecule has 0 bridgehead atoms. The number of benzene rings is 2. The van der Waals surface area contributed by atoms with E-state index in [1.54, 1.807) is 18.4 Å². The van der Waals surface area contributed by atoms with Crippen LogP contribution in [-0.4, -0.2) is 17.8 Å². The zero-order valence-electron chi connectivity index (χ0n) is 14.6. The zero-order valence-corrected chi connectivity index (χ0v) is 16.2. The molecular formula is C21H17ClN2O2S. The number of rotatable bonds is 3. The van der Waals surface area contributed by atoms with Crippen molar-refractivity contribution in [1.82, 2.24) is 5.01 Å². The summed E-state index contributed by atoms with van der Waals surface area (Å²) < 4.78 is 12.0. The SMILES string of the molecule is COc1cccc2c1O[C@H](c1cccs1)N1N=C(c3ccc(Cl)cc3)C[C@@H]21. The Kier molecular flexibility index (Phi) is 4.06. The van der Waals surface area contributed by atoms with Gasteiger partial charge in [0.15, 0.2) is 11.5 Å². The van der Waals surface area contributed by atoms with Crippen molar-refractivity contribution in [2.75, 3.05) is 7.11 Å². The molecule has 3 aromatic rings. The van der Waals surface area contributed by atoms with Crippen molar-refractivity contribution < 1.29 is 9.47 Å². The number of methoxy groups -OCH3 is 1. The first-order chi connectivity index (χ1) is 13.2. The number of hydrazone groups is 1. The van der Waals surface area contributed by atoms with Gasteiger partial charge in [0.1, 0.15) is 0 Å². The first-order valence-corrected chi connectivity index (χ1v) is 9.99. The quantitative estimate of drug-likeness (QED) is 0.573. The highest BCUT2D eigenvalue weighted by atomic mass is 35.5.